The Hall–Kier alpha value is -1.00. The molecule has 18 heavy (non-hydrogen) atoms. The monoisotopic (exact) mass is 365 g/mol. The van der Waals surface area contributed by atoms with Gasteiger partial charge in [-0.2, -0.15) is 0 Å². The van der Waals surface area contributed by atoms with Gasteiger partial charge in [0.15, 0.2) is 11.5 Å². The molecule has 0 saturated heterocycles. The molecule has 2 aliphatic rings. The molecule has 0 saturated carbocycles. The van der Waals surface area contributed by atoms with Crippen LogP contribution in [-0.2, 0) is 6.42 Å². The zero-order valence-corrected chi connectivity index (χ0v) is 12.6. The number of benzene rings is 2. The summed E-state index contributed by atoms with van der Waals surface area (Å²) in [6.45, 7) is 1.02. The Bertz CT molecular complexity index is 669. The summed E-state index contributed by atoms with van der Waals surface area (Å²) in [5, 5.41) is 0. The van der Waals surface area contributed by atoms with E-state index in [-0.39, 0.29) is 0 Å². The van der Waals surface area contributed by atoms with E-state index in [9.17, 15) is 0 Å². The number of hydrogen-bond acceptors (Lipinski definition) is 2. The van der Waals surface area contributed by atoms with Crippen LogP contribution in [0.5, 0.6) is 11.5 Å². The van der Waals surface area contributed by atoms with Crippen molar-refractivity contribution in [3.05, 3.63) is 44.8 Å². The molecular formula is C14H9Br2NO. The van der Waals surface area contributed by atoms with Crippen molar-refractivity contribution in [2.24, 2.45) is 0 Å². The normalized spacial score (nSPS) is 15.1. The minimum absolute atomic E-state index is 0.919. The number of nitrogens with zero attached hydrogens (tertiary/aromatic N) is 1. The fourth-order valence-electron chi connectivity index (χ4n) is 2.70. The van der Waals surface area contributed by atoms with Gasteiger partial charge in [-0.1, -0.05) is 31.9 Å². The predicted octanol–water partition coefficient (Wildman–Crippen LogP) is 5.01. The highest BCUT2D eigenvalue weighted by Gasteiger charge is 2.31. The van der Waals surface area contributed by atoms with Crippen molar-refractivity contribution in [1.29, 1.82) is 0 Å². The molecule has 0 N–H and O–H groups in total. The van der Waals surface area contributed by atoms with Gasteiger partial charge in [0.05, 0.1) is 11.4 Å². The van der Waals surface area contributed by atoms with Crippen LogP contribution in [0, 0.1) is 0 Å². The van der Waals surface area contributed by atoms with E-state index in [4.69, 9.17) is 4.74 Å². The Morgan fingerprint density at radius 1 is 1.00 bits per heavy atom. The van der Waals surface area contributed by atoms with Crippen molar-refractivity contribution < 1.29 is 4.74 Å². The molecule has 90 valence electrons. The van der Waals surface area contributed by atoms with E-state index in [0.717, 1.165) is 39.1 Å². The first-order valence-corrected chi connectivity index (χ1v) is 7.38. The van der Waals surface area contributed by atoms with E-state index in [1.165, 1.54) is 11.3 Å². The average Bonchev–Trinajstić information content (AvgIpc) is 2.73. The highest BCUT2D eigenvalue weighted by atomic mass is 79.9. The first kappa shape index (κ1) is 10.9. The van der Waals surface area contributed by atoms with Crippen molar-refractivity contribution in [2.75, 3.05) is 11.4 Å². The lowest BCUT2D eigenvalue weighted by atomic mass is 10.1. The molecule has 4 rings (SSSR count). The highest BCUT2D eigenvalue weighted by Crippen LogP contribution is 2.52. The number of ether oxygens (including phenoxy) is 1. The van der Waals surface area contributed by atoms with E-state index in [0.29, 0.717) is 0 Å². The highest BCUT2D eigenvalue weighted by molar-refractivity contribution is 9.10. The van der Waals surface area contributed by atoms with Gasteiger partial charge in [0.1, 0.15) is 0 Å². The molecule has 0 aromatic heterocycles. The van der Waals surface area contributed by atoms with Crippen LogP contribution < -0.4 is 9.64 Å². The van der Waals surface area contributed by atoms with Gasteiger partial charge < -0.3 is 9.64 Å². The van der Waals surface area contributed by atoms with Crippen LogP contribution in [-0.4, -0.2) is 6.54 Å². The molecule has 4 heteroatoms. The Labute approximate surface area is 122 Å². The Balaban J connectivity index is 1.97. The second-order valence-electron chi connectivity index (χ2n) is 4.53. The maximum Gasteiger partial charge on any atom is 0.152 e. The van der Waals surface area contributed by atoms with Crippen molar-refractivity contribution >= 4 is 43.2 Å². The lowest BCUT2D eigenvalue weighted by Crippen LogP contribution is -2.17. The van der Waals surface area contributed by atoms with Crippen molar-refractivity contribution in [2.45, 2.75) is 6.42 Å². The van der Waals surface area contributed by atoms with Gasteiger partial charge in [0, 0.05) is 15.5 Å². The van der Waals surface area contributed by atoms with Crippen LogP contribution in [0.3, 0.4) is 0 Å². The molecule has 0 bridgehead atoms. The van der Waals surface area contributed by atoms with Gasteiger partial charge in [-0.3, -0.25) is 0 Å². The zero-order chi connectivity index (χ0) is 12.3. The topological polar surface area (TPSA) is 12.5 Å². The van der Waals surface area contributed by atoms with Gasteiger partial charge in [0.2, 0.25) is 0 Å². The second kappa shape index (κ2) is 3.75. The predicted molar refractivity (Wildman–Crippen MR) is 79.1 cm³/mol. The third-order valence-electron chi connectivity index (χ3n) is 3.43. The van der Waals surface area contributed by atoms with E-state index in [1.807, 2.05) is 12.1 Å². The van der Waals surface area contributed by atoms with Gasteiger partial charge >= 0.3 is 0 Å². The Morgan fingerprint density at radius 3 is 2.72 bits per heavy atom. The summed E-state index contributed by atoms with van der Waals surface area (Å²) in [5.41, 5.74) is 3.74. The van der Waals surface area contributed by atoms with Gasteiger partial charge in [0.25, 0.3) is 0 Å². The molecule has 2 heterocycles. The molecule has 2 nitrogen and oxygen atoms in total. The van der Waals surface area contributed by atoms with Crippen molar-refractivity contribution in [3.63, 3.8) is 0 Å². The van der Waals surface area contributed by atoms with E-state index >= 15 is 0 Å². The van der Waals surface area contributed by atoms with E-state index in [2.05, 4.69) is 55.0 Å². The lowest BCUT2D eigenvalue weighted by Gasteiger charge is -2.29. The molecule has 0 amide bonds. The molecular weight excluding hydrogens is 358 g/mol. The van der Waals surface area contributed by atoms with Crippen molar-refractivity contribution in [3.8, 4) is 11.5 Å². The first-order chi connectivity index (χ1) is 8.72. The fraction of sp³-hybridized carbons (Fsp3) is 0.143. The molecule has 2 aliphatic heterocycles. The summed E-state index contributed by atoms with van der Waals surface area (Å²) in [6, 6.07) is 10.4. The maximum atomic E-state index is 6.03. The lowest BCUT2D eigenvalue weighted by molar-refractivity contribution is 0.475. The number of halogens is 2. The minimum Gasteiger partial charge on any atom is -0.453 e. The summed E-state index contributed by atoms with van der Waals surface area (Å²) >= 11 is 7.04. The first-order valence-electron chi connectivity index (χ1n) is 5.80. The van der Waals surface area contributed by atoms with Crippen LogP contribution in [0.25, 0.3) is 0 Å². The largest absolute Gasteiger partial charge is 0.453 e. The van der Waals surface area contributed by atoms with Gasteiger partial charge in [-0.05, 0) is 42.3 Å². The molecule has 0 spiro atoms. The summed E-state index contributed by atoms with van der Waals surface area (Å²) in [7, 11) is 0. The summed E-state index contributed by atoms with van der Waals surface area (Å²) < 4.78 is 8.15. The van der Waals surface area contributed by atoms with E-state index in [1.54, 1.807) is 0 Å². The number of hydrogen-bond donors (Lipinski definition) is 0. The Kier molecular flexibility index (Phi) is 2.26. The van der Waals surface area contributed by atoms with Crippen LogP contribution >= 0.6 is 31.9 Å². The van der Waals surface area contributed by atoms with Crippen LogP contribution in [0.15, 0.2) is 39.3 Å². The summed E-state index contributed by atoms with van der Waals surface area (Å²) in [5.74, 6) is 1.87. The summed E-state index contributed by atoms with van der Waals surface area (Å²) in [6.07, 6.45) is 1.07. The van der Waals surface area contributed by atoms with Gasteiger partial charge in [-0.15, -0.1) is 0 Å². The average molecular weight is 367 g/mol. The molecule has 0 fully saturated rings. The zero-order valence-electron chi connectivity index (χ0n) is 9.41. The Morgan fingerprint density at radius 2 is 1.83 bits per heavy atom. The van der Waals surface area contributed by atoms with E-state index < -0.39 is 0 Å². The fourth-order valence-corrected chi connectivity index (χ4v) is 3.52. The number of fused-ring (bicyclic) bond motifs is 2. The van der Waals surface area contributed by atoms with Crippen LogP contribution in [0.2, 0.25) is 0 Å². The molecule has 2 aromatic rings. The van der Waals surface area contributed by atoms with Gasteiger partial charge in [-0.25, -0.2) is 0 Å². The smallest absolute Gasteiger partial charge is 0.152 e. The molecule has 0 unspecified atom stereocenters. The third-order valence-corrected chi connectivity index (χ3v) is 4.38. The molecule has 0 aliphatic carbocycles. The third kappa shape index (κ3) is 1.45. The molecule has 0 atom stereocenters. The molecule has 0 radical (unpaired) electrons. The van der Waals surface area contributed by atoms with Crippen molar-refractivity contribution in [1.82, 2.24) is 0 Å². The maximum absolute atomic E-state index is 6.03. The minimum atomic E-state index is 0.919. The van der Waals surface area contributed by atoms with Crippen LogP contribution in [0.1, 0.15) is 5.56 Å². The standard InChI is InChI=1S/C14H9Br2NO/c15-9-1-2-11-12(6-9)18-13-7-10(16)5-8-3-4-17(11)14(8)13/h1-2,5-7H,3-4H2. The number of anilines is 2. The van der Waals surface area contributed by atoms with Crippen LogP contribution in [0.4, 0.5) is 11.4 Å². The summed E-state index contributed by atoms with van der Waals surface area (Å²) in [4.78, 5) is 2.35. The quantitative estimate of drug-likeness (QED) is 0.649. The second-order valence-corrected chi connectivity index (χ2v) is 6.36. The SMILES string of the molecule is Brc1ccc2c(c1)Oc1cc(Br)cc3c1N2CC3. The number of rotatable bonds is 0. The molecule has 2 aromatic carbocycles.